The van der Waals surface area contributed by atoms with Gasteiger partial charge in [-0.25, -0.2) is 4.98 Å². The van der Waals surface area contributed by atoms with Gasteiger partial charge in [0.05, 0.1) is 0 Å². The molecule has 0 atom stereocenters. The van der Waals surface area contributed by atoms with Crippen molar-refractivity contribution in [1.82, 2.24) is 9.55 Å². The Balaban J connectivity index is 2.22. The molecule has 0 aliphatic heterocycles. The lowest BCUT2D eigenvalue weighted by molar-refractivity contribution is 0.437. The van der Waals surface area contributed by atoms with Crippen molar-refractivity contribution in [3.05, 3.63) is 52.6 Å². The van der Waals surface area contributed by atoms with Crippen LogP contribution in [0, 0.1) is 0 Å². The van der Waals surface area contributed by atoms with Crippen LogP contribution in [-0.2, 0) is 6.42 Å². The van der Waals surface area contributed by atoms with Gasteiger partial charge in [0.25, 0.3) is 5.88 Å². The smallest absolute Gasteiger partial charge is 0.313 e. The van der Waals surface area contributed by atoms with Gasteiger partial charge in [-0.05, 0) is 44.5 Å². The molecular formula is C15H19N3O2. The van der Waals surface area contributed by atoms with E-state index in [1.165, 1.54) is 0 Å². The highest BCUT2D eigenvalue weighted by molar-refractivity contribution is 5.30. The zero-order valence-corrected chi connectivity index (χ0v) is 11.7. The Kier molecular flexibility index (Phi) is 4.53. The summed E-state index contributed by atoms with van der Waals surface area (Å²) in [6.07, 6.45) is 4.05. The molecule has 20 heavy (non-hydrogen) atoms. The number of benzene rings is 1. The van der Waals surface area contributed by atoms with Crippen molar-refractivity contribution in [1.29, 1.82) is 0 Å². The summed E-state index contributed by atoms with van der Waals surface area (Å²) in [5.74, 6) is 0.685. The number of ether oxygens (including phenoxy) is 1. The number of hydrogen-bond acceptors (Lipinski definition) is 4. The molecule has 0 saturated heterocycles. The first-order valence-corrected chi connectivity index (χ1v) is 6.66. The van der Waals surface area contributed by atoms with E-state index in [2.05, 4.69) is 4.98 Å². The van der Waals surface area contributed by atoms with Crippen LogP contribution in [0.5, 0.6) is 11.6 Å². The first-order valence-electron chi connectivity index (χ1n) is 6.66. The Bertz CT molecular complexity index is 618. The molecule has 2 aromatic rings. The largest absolute Gasteiger partial charge is 0.435 e. The molecule has 1 aromatic carbocycles. The average Bonchev–Trinajstić information content (AvgIpc) is 2.43. The normalized spacial score (nSPS) is 10.8. The number of aromatic nitrogens is 2. The number of nitrogens with two attached hydrogens (primary N) is 1. The van der Waals surface area contributed by atoms with Crippen molar-refractivity contribution in [2.24, 2.45) is 5.73 Å². The van der Waals surface area contributed by atoms with Gasteiger partial charge >= 0.3 is 5.56 Å². The molecule has 1 aromatic heterocycles. The lowest BCUT2D eigenvalue weighted by Gasteiger charge is -2.11. The molecule has 2 rings (SSSR count). The quantitative estimate of drug-likeness (QED) is 0.905. The van der Waals surface area contributed by atoms with E-state index < -0.39 is 0 Å². The monoisotopic (exact) mass is 273 g/mol. The lowest BCUT2D eigenvalue weighted by atomic mass is 10.1. The van der Waals surface area contributed by atoms with Crippen LogP contribution >= 0.6 is 0 Å². The maximum Gasteiger partial charge on any atom is 0.313 e. The molecule has 5 nitrogen and oxygen atoms in total. The SMILES string of the molecule is CC(C)n1ccnc(Oc2ccc(CCN)cc2)c1=O. The zero-order chi connectivity index (χ0) is 14.5. The fraction of sp³-hybridized carbons (Fsp3) is 0.333. The topological polar surface area (TPSA) is 70.1 Å². The van der Waals surface area contributed by atoms with Crippen molar-refractivity contribution in [2.45, 2.75) is 26.3 Å². The fourth-order valence-electron chi connectivity index (χ4n) is 1.89. The van der Waals surface area contributed by atoms with Crippen molar-refractivity contribution >= 4 is 0 Å². The zero-order valence-electron chi connectivity index (χ0n) is 11.7. The molecule has 0 fully saturated rings. The van der Waals surface area contributed by atoms with Crippen molar-refractivity contribution in [3.63, 3.8) is 0 Å². The van der Waals surface area contributed by atoms with Crippen LogP contribution in [0.1, 0.15) is 25.5 Å². The molecule has 0 aliphatic rings. The molecule has 0 unspecified atom stereocenters. The van der Waals surface area contributed by atoms with Crippen LogP contribution in [-0.4, -0.2) is 16.1 Å². The van der Waals surface area contributed by atoms with E-state index >= 15 is 0 Å². The maximum atomic E-state index is 12.1. The molecule has 2 N–H and O–H groups in total. The summed E-state index contributed by atoms with van der Waals surface area (Å²) in [6, 6.07) is 7.58. The number of rotatable bonds is 5. The van der Waals surface area contributed by atoms with E-state index in [9.17, 15) is 4.79 Å². The molecule has 0 amide bonds. The molecular weight excluding hydrogens is 254 g/mol. The van der Waals surface area contributed by atoms with Crippen LogP contribution in [0.4, 0.5) is 0 Å². The summed E-state index contributed by atoms with van der Waals surface area (Å²) >= 11 is 0. The second-order valence-electron chi connectivity index (χ2n) is 4.82. The molecule has 0 radical (unpaired) electrons. The van der Waals surface area contributed by atoms with Gasteiger partial charge in [0.1, 0.15) is 5.75 Å². The third kappa shape index (κ3) is 3.24. The van der Waals surface area contributed by atoms with Gasteiger partial charge in [-0.1, -0.05) is 12.1 Å². The van der Waals surface area contributed by atoms with Crippen LogP contribution in [0.3, 0.4) is 0 Å². The molecule has 5 heteroatoms. The van der Waals surface area contributed by atoms with Gasteiger partial charge in [-0.3, -0.25) is 4.79 Å². The second kappa shape index (κ2) is 6.34. The Morgan fingerprint density at radius 2 is 2.00 bits per heavy atom. The summed E-state index contributed by atoms with van der Waals surface area (Å²) in [7, 11) is 0. The molecule has 0 saturated carbocycles. The van der Waals surface area contributed by atoms with Gasteiger partial charge in [0.2, 0.25) is 0 Å². The third-order valence-corrected chi connectivity index (χ3v) is 2.96. The van der Waals surface area contributed by atoms with E-state index in [1.807, 2.05) is 38.1 Å². The minimum absolute atomic E-state index is 0.0692. The molecule has 1 heterocycles. The van der Waals surface area contributed by atoms with Crippen LogP contribution in [0.2, 0.25) is 0 Å². The van der Waals surface area contributed by atoms with Crippen molar-refractivity contribution in [2.75, 3.05) is 6.54 Å². The summed E-state index contributed by atoms with van der Waals surface area (Å²) < 4.78 is 7.15. The average molecular weight is 273 g/mol. The highest BCUT2D eigenvalue weighted by atomic mass is 16.5. The van der Waals surface area contributed by atoms with Crippen molar-refractivity contribution in [3.8, 4) is 11.6 Å². The number of hydrogen-bond donors (Lipinski definition) is 1. The van der Waals surface area contributed by atoms with Gasteiger partial charge in [-0.2, -0.15) is 0 Å². The Morgan fingerprint density at radius 3 is 2.60 bits per heavy atom. The van der Waals surface area contributed by atoms with Crippen molar-refractivity contribution < 1.29 is 4.74 Å². The predicted octanol–water partition coefficient (Wildman–Crippen LogP) is 2.12. The maximum absolute atomic E-state index is 12.1. The molecule has 0 bridgehead atoms. The van der Waals surface area contributed by atoms with E-state index in [1.54, 1.807) is 17.0 Å². The minimum Gasteiger partial charge on any atom is -0.435 e. The summed E-state index contributed by atoms with van der Waals surface area (Å²) in [5, 5.41) is 0. The number of nitrogens with zero attached hydrogens (tertiary/aromatic N) is 2. The summed E-state index contributed by atoms with van der Waals surface area (Å²) in [4.78, 5) is 16.1. The van der Waals surface area contributed by atoms with Gasteiger partial charge in [0.15, 0.2) is 0 Å². The van der Waals surface area contributed by atoms with E-state index in [0.717, 1.165) is 12.0 Å². The first kappa shape index (κ1) is 14.3. The van der Waals surface area contributed by atoms with E-state index in [-0.39, 0.29) is 17.5 Å². The van der Waals surface area contributed by atoms with E-state index in [0.29, 0.717) is 12.3 Å². The molecule has 0 aliphatic carbocycles. The van der Waals surface area contributed by atoms with Gasteiger partial charge in [0, 0.05) is 18.4 Å². The minimum atomic E-state index is -0.228. The lowest BCUT2D eigenvalue weighted by Crippen LogP contribution is -2.23. The Labute approximate surface area is 118 Å². The fourth-order valence-corrected chi connectivity index (χ4v) is 1.89. The van der Waals surface area contributed by atoms with Crippen LogP contribution in [0.25, 0.3) is 0 Å². The summed E-state index contributed by atoms with van der Waals surface area (Å²) in [6.45, 7) is 4.49. The molecule has 0 spiro atoms. The van der Waals surface area contributed by atoms with Crippen LogP contribution < -0.4 is 16.0 Å². The van der Waals surface area contributed by atoms with Gasteiger partial charge < -0.3 is 15.0 Å². The Hall–Kier alpha value is -2.14. The van der Waals surface area contributed by atoms with Crippen LogP contribution in [0.15, 0.2) is 41.5 Å². The van der Waals surface area contributed by atoms with E-state index in [4.69, 9.17) is 10.5 Å². The Morgan fingerprint density at radius 1 is 1.30 bits per heavy atom. The highest BCUT2D eigenvalue weighted by Gasteiger charge is 2.09. The highest BCUT2D eigenvalue weighted by Crippen LogP contribution is 2.17. The molecule has 106 valence electrons. The first-order chi connectivity index (χ1) is 9.61. The standard InChI is InChI=1S/C15H19N3O2/c1-11(2)18-10-9-17-14(15(18)19)20-13-5-3-12(4-6-13)7-8-16/h3-6,9-11H,7-8,16H2,1-2H3. The predicted molar refractivity (Wildman–Crippen MR) is 78.2 cm³/mol. The summed E-state index contributed by atoms with van der Waals surface area (Å²) in [5.41, 5.74) is 6.41. The van der Waals surface area contributed by atoms with Gasteiger partial charge in [-0.15, -0.1) is 0 Å². The third-order valence-electron chi connectivity index (χ3n) is 2.96. The second-order valence-corrected chi connectivity index (χ2v) is 4.82.